The lowest BCUT2D eigenvalue weighted by atomic mass is 9.90. The Kier molecular flexibility index (Phi) is 7.55. The predicted octanol–water partition coefficient (Wildman–Crippen LogP) is 3.89. The molecule has 37 heavy (non-hydrogen) atoms. The van der Waals surface area contributed by atoms with Crippen LogP contribution < -0.4 is 21.7 Å². The second kappa shape index (κ2) is 10.8. The van der Waals surface area contributed by atoms with Crippen molar-refractivity contribution >= 4 is 29.5 Å². The molecule has 0 aliphatic heterocycles. The molecule has 2 amide bonds. The number of ether oxygens (including phenoxy) is 1. The Morgan fingerprint density at radius 1 is 1.19 bits per heavy atom. The Balaban J connectivity index is 1.53. The van der Waals surface area contributed by atoms with Crippen molar-refractivity contribution in [2.45, 2.75) is 64.1 Å². The molecule has 4 rings (SSSR count). The molecule has 1 aromatic carbocycles. The van der Waals surface area contributed by atoms with E-state index in [2.05, 4.69) is 31.0 Å². The largest absolute Gasteiger partial charge is 0.444 e. The van der Waals surface area contributed by atoms with E-state index in [9.17, 15) is 14.0 Å². The third-order valence-corrected chi connectivity index (χ3v) is 5.81. The third-order valence-electron chi connectivity index (χ3n) is 5.81. The van der Waals surface area contributed by atoms with E-state index in [0.717, 1.165) is 25.7 Å². The number of hydrogen-bond acceptors (Lipinski definition) is 8. The minimum Gasteiger partial charge on any atom is -0.444 e. The van der Waals surface area contributed by atoms with Gasteiger partial charge in [-0.15, -0.1) is 0 Å². The zero-order valence-corrected chi connectivity index (χ0v) is 21.0. The van der Waals surface area contributed by atoms with E-state index in [0.29, 0.717) is 5.69 Å². The highest BCUT2D eigenvalue weighted by Crippen LogP contribution is 2.26. The molecule has 1 aliphatic carbocycles. The first-order chi connectivity index (χ1) is 17.6. The van der Waals surface area contributed by atoms with Crippen molar-refractivity contribution in [3.05, 3.63) is 54.2 Å². The molecule has 5 N–H and O–H groups in total. The van der Waals surface area contributed by atoms with Crippen molar-refractivity contribution in [1.29, 1.82) is 0 Å². The van der Waals surface area contributed by atoms with Crippen LogP contribution in [0.2, 0.25) is 0 Å². The van der Waals surface area contributed by atoms with Gasteiger partial charge in [0.1, 0.15) is 22.8 Å². The van der Waals surface area contributed by atoms with Crippen molar-refractivity contribution in [2.75, 3.05) is 10.6 Å². The monoisotopic (exact) mass is 510 g/mol. The molecule has 0 spiro atoms. The molecule has 0 unspecified atom stereocenters. The molecule has 2 aromatic heterocycles. The van der Waals surface area contributed by atoms with Crippen molar-refractivity contribution < 1.29 is 18.7 Å². The van der Waals surface area contributed by atoms with Gasteiger partial charge < -0.3 is 26.4 Å². The van der Waals surface area contributed by atoms with E-state index in [1.807, 2.05) is 0 Å². The first-order valence-electron chi connectivity index (χ1n) is 12.1. The van der Waals surface area contributed by atoms with E-state index in [1.54, 1.807) is 45.3 Å². The molecular formula is C25H31FN8O3. The molecule has 1 saturated carbocycles. The molecule has 0 saturated heterocycles. The number of nitrogens with two attached hydrogens (primary N) is 1. The quantitative estimate of drug-likeness (QED) is 0.374. The number of carbonyl (C=O) groups is 2. The molecule has 2 atom stereocenters. The van der Waals surface area contributed by atoms with Gasteiger partial charge in [-0.2, -0.15) is 10.1 Å². The highest BCUT2D eigenvalue weighted by atomic mass is 19.1. The van der Waals surface area contributed by atoms with Crippen molar-refractivity contribution in [1.82, 2.24) is 25.1 Å². The number of alkyl carbamates (subject to hydrolysis) is 1. The van der Waals surface area contributed by atoms with Crippen LogP contribution in [0.15, 0.2) is 42.9 Å². The number of carbonyl (C=O) groups excluding carboxylic acids is 2. The lowest BCUT2D eigenvalue weighted by Gasteiger charge is -2.33. The molecule has 196 valence electrons. The molecular weight excluding hydrogens is 479 g/mol. The maximum absolute atomic E-state index is 14.9. The van der Waals surface area contributed by atoms with Gasteiger partial charge in [-0.1, -0.05) is 12.8 Å². The summed E-state index contributed by atoms with van der Waals surface area (Å²) in [5.41, 5.74) is 5.55. The van der Waals surface area contributed by atoms with E-state index in [-0.39, 0.29) is 35.1 Å². The van der Waals surface area contributed by atoms with Crippen LogP contribution in [-0.4, -0.2) is 49.4 Å². The number of amides is 2. The van der Waals surface area contributed by atoms with Crippen LogP contribution in [0.5, 0.6) is 0 Å². The summed E-state index contributed by atoms with van der Waals surface area (Å²) in [5, 5.41) is 13.1. The lowest BCUT2D eigenvalue weighted by Crippen LogP contribution is -2.50. The average molecular weight is 511 g/mol. The fraction of sp³-hybridized carbons (Fsp3) is 0.400. The minimum absolute atomic E-state index is 0.00757. The Hall–Kier alpha value is -4.22. The van der Waals surface area contributed by atoms with Crippen LogP contribution in [0, 0.1) is 5.82 Å². The highest BCUT2D eigenvalue weighted by molar-refractivity contribution is 5.98. The van der Waals surface area contributed by atoms with Gasteiger partial charge in [0.2, 0.25) is 5.95 Å². The van der Waals surface area contributed by atoms with Crippen LogP contribution in [0.1, 0.15) is 56.8 Å². The van der Waals surface area contributed by atoms with Crippen LogP contribution in [-0.2, 0) is 4.74 Å². The van der Waals surface area contributed by atoms with E-state index in [1.165, 1.54) is 23.0 Å². The van der Waals surface area contributed by atoms with Gasteiger partial charge >= 0.3 is 6.09 Å². The van der Waals surface area contributed by atoms with Crippen LogP contribution >= 0.6 is 0 Å². The number of anilines is 3. The zero-order valence-electron chi connectivity index (χ0n) is 21.0. The predicted molar refractivity (Wildman–Crippen MR) is 136 cm³/mol. The maximum Gasteiger partial charge on any atom is 0.407 e. The first kappa shape index (κ1) is 25.9. The van der Waals surface area contributed by atoms with E-state index < -0.39 is 23.4 Å². The van der Waals surface area contributed by atoms with Gasteiger partial charge in [0.25, 0.3) is 5.91 Å². The number of hydrogen-bond donors (Lipinski definition) is 4. The highest BCUT2D eigenvalue weighted by Gasteiger charge is 2.29. The number of aromatic nitrogens is 4. The second-order valence-corrected chi connectivity index (χ2v) is 9.85. The maximum atomic E-state index is 14.9. The molecule has 12 heteroatoms. The third kappa shape index (κ3) is 6.72. The van der Waals surface area contributed by atoms with E-state index in [4.69, 9.17) is 10.5 Å². The van der Waals surface area contributed by atoms with Gasteiger partial charge in [0, 0.05) is 30.7 Å². The lowest BCUT2D eigenvalue weighted by molar-refractivity contribution is 0.0488. The van der Waals surface area contributed by atoms with Crippen molar-refractivity contribution in [3.63, 3.8) is 0 Å². The summed E-state index contributed by atoms with van der Waals surface area (Å²) in [4.78, 5) is 33.0. The summed E-state index contributed by atoms with van der Waals surface area (Å²) in [7, 11) is 0. The smallest absolute Gasteiger partial charge is 0.407 e. The number of halogens is 1. The van der Waals surface area contributed by atoms with Crippen LogP contribution in [0.3, 0.4) is 0 Å². The summed E-state index contributed by atoms with van der Waals surface area (Å²) in [6.07, 6.45) is 7.54. The SMILES string of the molecule is CC(C)(C)OC(=O)N[C@H]1CCCC[C@H]1Nc1ncc(C(N)=O)c(Nc2ccc(-n3cccn3)cc2F)n1. The fourth-order valence-corrected chi connectivity index (χ4v) is 4.13. The Morgan fingerprint density at radius 2 is 1.95 bits per heavy atom. The molecule has 1 fully saturated rings. The normalized spacial score (nSPS) is 17.6. The van der Waals surface area contributed by atoms with Crippen LogP contribution in [0.25, 0.3) is 5.69 Å². The summed E-state index contributed by atoms with van der Waals surface area (Å²) < 4.78 is 21.8. The Labute approximate surface area is 214 Å². The molecule has 2 heterocycles. The molecule has 0 bridgehead atoms. The minimum atomic E-state index is -0.759. The van der Waals surface area contributed by atoms with Gasteiger partial charge in [-0.05, 0) is 51.8 Å². The summed E-state index contributed by atoms with van der Waals surface area (Å²) in [6, 6.07) is 5.88. The van der Waals surface area contributed by atoms with Crippen molar-refractivity contribution in [2.24, 2.45) is 5.73 Å². The average Bonchev–Trinajstić information content (AvgIpc) is 3.35. The molecule has 0 radical (unpaired) electrons. The second-order valence-electron chi connectivity index (χ2n) is 9.85. The number of nitrogens with zero attached hydrogens (tertiary/aromatic N) is 4. The van der Waals surface area contributed by atoms with E-state index >= 15 is 0 Å². The Bertz CT molecular complexity index is 1260. The zero-order chi connectivity index (χ0) is 26.6. The van der Waals surface area contributed by atoms with Gasteiger partial charge in [-0.3, -0.25) is 4.79 Å². The topological polar surface area (TPSA) is 149 Å². The first-order valence-corrected chi connectivity index (χ1v) is 12.1. The van der Waals surface area contributed by atoms with Gasteiger partial charge in [0.05, 0.1) is 17.4 Å². The van der Waals surface area contributed by atoms with Gasteiger partial charge in [-0.25, -0.2) is 18.9 Å². The fourth-order valence-electron chi connectivity index (χ4n) is 4.13. The van der Waals surface area contributed by atoms with Crippen LogP contribution in [0.4, 0.5) is 26.6 Å². The van der Waals surface area contributed by atoms with Gasteiger partial charge in [0.15, 0.2) is 0 Å². The van der Waals surface area contributed by atoms with Crippen molar-refractivity contribution in [3.8, 4) is 5.69 Å². The summed E-state index contributed by atoms with van der Waals surface area (Å²) >= 11 is 0. The molecule has 3 aromatic rings. The summed E-state index contributed by atoms with van der Waals surface area (Å²) in [5.74, 6) is -1.05. The standard InChI is InChI=1S/C25H31FN8O3/c1-25(2,3)37-24(36)32-20-8-5-4-7-19(20)31-23-28-14-16(21(27)35)22(33-23)30-18-10-9-15(13-17(18)26)34-12-6-11-29-34/h6,9-14,19-20H,4-5,7-8H2,1-3H3,(H2,27,35)(H,32,36)(H2,28,30,31,33)/t19-,20+/m1/s1. The Morgan fingerprint density at radius 3 is 2.59 bits per heavy atom. The number of nitrogens with one attached hydrogen (secondary N) is 3. The number of benzene rings is 1. The molecule has 11 nitrogen and oxygen atoms in total. The number of rotatable bonds is 7. The summed E-state index contributed by atoms with van der Waals surface area (Å²) in [6.45, 7) is 5.42. The molecule has 1 aliphatic rings. The number of primary amides is 1.